The minimum atomic E-state index is -0.885. The first-order chi connectivity index (χ1) is 19.4. The van der Waals surface area contributed by atoms with E-state index in [1.165, 1.54) is 0 Å². The summed E-state index contributed by atoms with van der Waals surface area (Å²) in [7, 11) is 0. The first-order valence-corrected chi connectivity index (χ1v) is 14.0. The second kappa shape index (κ2) is 16.9. The molecular formula is C32H39ClN4O3. The molecule has 0 aromatic heterocycles. The molecule has 3 aromatic rings. The Labute approximate surface area is 242 Å². The fourth-order valence-electron chi connectivity index (χ4n) is 4.07. The van der Waals surface area contributed by atoms with Crippen LogP contribution in [0.3, 0.4) is 0 Å². The van der Waals surface area contributed by atoms with Gasteiger partial charge in [-0.3, -0.25) is 4.79 Å². The molecule has 0 bridgehead atoms. The van der Waals surface area contributed by atoms with Crippen molar-refractivity contribution in [3.63, 3.8) is 0 Å². The summed E-state index contributed by atoms with van der Waals surface area (Å²) in [5.41, 5.74) is 13.5. The molecule has 0 heterocycles. The molecule has 3 aromatic carbocycles. The molecule has 1 amide bonds. The lowest BCUT2D eigenvalue weighted by molar-refractivity contribution is -0.121. The lowest BCUT2D eigenvalue weighted by atomic mass is 10.00. The highest BCUT2D eigenvalue weighted by atomic mass is 35.5. The molecule has 0 saturated heterocycles. The zero-order valence-electron chi connectivity index (χ0n) is 22.9. The van der Waals surface area contributed by atoms with Gasteiger partial charge in [-0.1, -0.05) is 86.3 Å². The Kier molecular flexibility index (Phi) is 12.9. The Hall–Kier alpha value is -3.97. The van der Waals surface area contributed by atoms with E-state index in [0.29, 0.717) is 30.4 Å². The van der Waals surface area contributed by atoms with Crippen LogP contribution in [0.1, 0.15) is 49.7 Å². The summed E-state index contributed by atoms with van der Waals surface area (Å²) in [4.78, 5) is 16.8. The largest absolute Gasteiger partial charge is 0.494 e. The minimum Gasteiger partial charge on any atom is -0.494 e. The van der Waals surface area contributed by atoms with Crippen LogP contribution >= 0.6 is 11.6 Å². The van der Waals surface area contributed by atoms with E-state index < -0.39 is 6.04 Å². The van der Waals surface area contributed by atoms with Gasteiger partial charge in [-0.15, -0.1) is 0 Å². The van der Waals surface area contributed by atoms with Crippen LogP contribution in [0.4, 0.5) is 0 Å². The van der Waals surface area contributed by atoms with Crippen molar-refractivity contribution < 1.29 is 14.3 Å². The van der Waals surface area contributed by atoms with Crippen molar-refractivity contribution in [3.8, 4) is 11.5 Å². The van der Waals surface area contributed by atoms with Gasteiger partial charge in [0.1, 0.15) is 18.1 Å². The number of nitrogens with zero attached hydrogens (tertiary/aromatic N) is 1. The number of hydrogen-bond donors (Lipinski definition) is 3. The summed E-state index contributed by atoms with van der Waals surface area (Å²) < 4.78 is 11.7. The van der Waals surface area contributed by atoms with Crippen molar-refractivity contribution in [1.82, 2.24) is 5.32 Å². The predicted molar refractivity (Wildman–Crippen MR) is 164 cm³/mol. The lowest BCUT2D eigenvalue weighted by Gasteiger charge is -2.16. The maximum atomic E-state index is 12.8. The minimum absolute atomic E-state index is 0.163. The van der Waals surface area contributed by atoms with E-state index in [1.807, 2.05) is 54.6 Å². The van der Waals surface area contributed by atoms with E-state index in [1.54, 1.807) is 24.3 Å². The molecule has 1 atom stereocenters. The van der Waals surface area contributed by atoms with E-state index in [2.05, 4.69) is 16.9 Å². The highest BCUT2D eigenvalue weighted by molar-refractivity contribution is 6.30. The van der Waals surface area contributed by atoms with Crippen LogP contribution in [-0.4, -0.2) is 31.1 Å². The van der Waals surface area contributed by atoms with Gasteiger partial charge in [0.15, 0.2) is 12.0 Å². The molecule has 0 aliphatic rings. The van der Waals surface area contributed by atoms with Gasteiger partial charge in [0.05, 0.1) is 6.61 Å². The topological polar surface area (TPSA) is 112 Å². The summed E-state index contributed by atoms with van der Waals surface area (Å²) >= 11 is 5.96. The first-order valence-electron chi connectivity index (χ1n) is 13.6. The van der Waals surface area contributed by atoms with Crippen LogP contribution < -0.4 is 26.3 Å². The van der Waals surface area contributed by atoms with Crippen LogP contribution in [-0.2, 0) is 11.4 Å². The summed E-state index contributed by atoms with van der Waals surface area (Å²) in [6.07, 6.45) is 6.21. The fourth-order valence-corrected chi connectivity index (χ4v) is 4.20. The maximum Gasteiger partial charge on any atom is 0.249 e. The number of amides is 1. The number of halogens is 1. The van der Waals surface area contributed by atoms with Crippen LogP contribution in [0.5, 0.6) is 11.5 Å². The maximum absolute atomic E-state index is 12.8. The number of guanidine groups is 1. The summed E-state index contributed by atoms with van der Waals surface area (Å²) in [5.74, 6) is 1.23. The Morgan fingerprint density at radius 3 is 2.08 bits per heavy atom. The van der Waals surface area contributed by atoms with Gasteiger partial charge in [0.2, 0.25) is 5.91 Å². The molecule has 0 fully saturated rings. The van der Waals surface area contributed by atoms with Crippen molar-refractivity contribution in [2.45, 2.75) is 51.2 Å². The SMILES string of the molecule is C=C(c1ccc(Cl)cc1)[C@H](N=C(N)N)C(=O)NCCCCCCCCOc1ccc(OCc2ccccc2)cc1. The summed E-state index contributed by atoms with van der Waals surface area (Å²) in [6.45, 7) is 5.81. The molecular weight excluding hydrogens is 524 g/mol. The number of nitrogens with one attached hydrogen (secondary N) is 1. The molecule has 5 N–H and O–H groups in total. The molecule has 7 nitrogen and oxygen atoms in total. The second-order valence-corrected chi connectivity index (χ2v) is 9.93. The number of rotatable bonds is 17. The average molecular weight is 563 g/mol. The molecule has 8 heteroatoms. The van der Waals surface area contributed by atoms with Gasteiger partial charge < -0.3 is 26.3 Å². The van der Waals surface area contributed by atoms with E-state index in [4.69, 9.17) is 32.5 Å². The third-order valence-electron chi connectivity index (χ3n) is 6.28. The van der Waals surface area contributed by atoms with Gasteiger partial charge in [-0.2, -0.15) is 0 Å². The Bertz CT molecular complexity index is 1210. The number of carbonyl (C=O) groups is 1. The average Bonchev–Trinajstić information content (AvgIpc) is 2.96. The standard InChI is InChI=1S/C32H39ClN4O3/c1-24(26-13-15-27(33)16-14-26)30(37-32(34)35)31(38)36-21-9-4-2-3-5-10-22-39-28-17-19-29(20-18-28)40-23-25-11-7-6-8-12-25/h6-8,11-20,30H,1-5,9-10,21-23H2,(H,36,38)(H4,34,35,37)/t30-/m0/s1. The summed E-state index contributed by atoms with van der Waals surface area (Å²) in [6, 6.07) is 24.0. The molecule has 212 valence electrons. The van der Waals surface area contributed by atoms with Gasteiger partial charge in [0, 0.05) is 11.6 Å². The summed E-state index contributed by atoms with van der Waals surface area (Å²) in [5, 5.41) is 3.53. The smallest absolute Gasteiger partial charge is 0.249 e. The van der Waals surface area contributed by atoms with Crippen LogP contribution in [0.25, 0.3) is 5.57 Å². The molecule has 0 aliphatic heterocycles. The van der Waals surface area contributed by atoms with Gasteiger partial charge in [-0.05, 0) is 65.9 Å². The third kappa shape index (κ3) is 11.0. The number of aliphatic imine (C=N–C) groups is 1. The molecule has 40 heavy (non-hydrogen) atoms. The number of benzene rings is 3. The zero-order valence-corrected chi connectivity index (χ0v) is 23.6. The van der Waals surface area contributed by atoms with Crippen molar-refractivity contribution in [1.29, 1.82) is 0 Å². The monoisotopic (exact) mass is 562 g/mol. The van der Waals surface area contributed by atoms with Crippen LogP contribution in [0.2, 0.25) is 5.02 Å². The molecule has 0 aliphatic carbocycles. The lowest BCUT2D eigenvalue weighted by Crippen LogP contribution is -2.37. The van der Waals surface area contributed by atoms with E-state index in [9.17, 15) is 4.79 Å². The Morgan fingerprint density at radius 1 is 0.825 bits per heavy atom. The van der Waals surface area contributed by atoms with Gasteiger partial charge in [0.25, 0.3) is 0 Å². The van der Waals surface area contributed by atoms with Gasteiger partial charge in [-0.25, -0.2) is 4.99 Å². The number of nitrogens with two attached hydrogens (primary N) is 2. The zero-order chi connectivity index (χ0) is 28.6. The molecule has 0 unspecified atom stereocenters. The van der Waals surface area contributed by atoms with Crippen molar-refractivity contribution >= 4 is 29.0 Å². The van der Waals surface area contributed by atoms with Gasteiger partial charge >= 0.3 is 0 Å². The second-order valence-electron chi connectivity index (χ2n) is 9.50. The molecule has 0 spiro atoms. The van der Waals surface area contributed by atoms with E-state index in [0.717, 1.165) is 61.2 Å². The third-order valence-corrected chi connectivity index (χ3v) is 6.53. The van der Waals surface area contributed by atoms with E-state index in [-0.39, 0.29) is 11.9 Å². The van der Waals surface area contributed by atoms with E-state index >= 15 is 0 Å². The quantitative estimate of drug-likeness (QED) is 0.104. The molecule has 3 rings (SSSR count). The molecule has 0 radical (unpaired) electrons. The van der Waals surface area contributed by atoms with Crippen LogP contribution in [0.15, 0.2) is 90.4 Å². The highest BCUT2D eigenvalue weighted by Gasteiger charge is 2.22. The fraction of sp³-hybridized carbons (Fsp3) is 0.312. The van der Waals surface area contributed by atoms with Crippen molar-refractivity contribution in [2.75, 3.05) is 13.2 Å². The normalized spacial score (nSPS) is 11.3. The number of carbonyl (C=O) groups excluding carboxylic acids is 1. The molecule has 0 saturated carbocycles. The predicted octanol–water partition coefficient (Wildman–Crippen LogP) is 6.11. The van der Waals surface area contributed by atoms with Crippen molar-refractivity contribution in [2.24, 2.45) is 16.5 Å². The highest BCUT2D eigenvalue weighted by Crippen LogP contribution is 2.22. The van der Waals surface area contributed by atoms with Crippen molar-refractivity contribution in [3.05, 3.63) is 102 Å². The Morgan fingerprint density at radius 2 is 1.43 bits per heavy atom. The number of unbranched alkanes of at least 4 members (excludes halogenated alkanes) is 5. The Balaban J connectivity index is 1.24. The number of hydrogen-bond acceptors (Lipinski definition) is 4. The number of ether oxygens (including phenoxy) is 2. The first kappa shape index (κ1) is 30.6. The van der Waals surface area contributed by atoms with Crippen LogP contribution in [0, 0.1) is 0 Å².